The third-order valence-electron chi connectivity index (χ3n) is 11.2. The molecule has 49 heavy (non-hydrogen) atoms. The number of carbonyl (C=O) groups is 4. The van der Waals surface area contributed by atoms with Crippen molar-refractivity contribution in [3.63, 3.8) is 0 Å². The lowest BCUT2D eigenvalue weighted by Gasteiger charge is -2.42. The molecule has 0 spiro atoms. The second-order valence-corrected chi connectivity index (χ2v) is 13.9. The molecule has 1 amide bonds. The first-order chi connectivity index (χ1) is 23.0. The van der Waals surface area contributed by atoms with Gasteiger partial charge in [-0.1, -0.05) is 72.1 Å². The number of hydrogen-bond acceptors (Lipinski definition) is 10. The molecule has 1 N–H and O–H groups in total. The summed E-state index contributed by atoms with van der Waals surface area (Å²) in [5, 5.41) is 2.42. The first-order valence-corrected chi connectivity index (χ1v) is 16.5. The zero-order valence-corrected chi connectivity index (χ0v) is 28.9. The highest BCUT2D eigenvalue weighted by Gasteiger charge is 2.87. The maximum atomic E-state index is 16.5. The Morgan fingerprint density at radius 3 is 2.22 bits per heavy atom. The van der Waals surface area contributed by atoms with Gasteiger partial charge in [0, 0.05) is 24.2 Å². The Balaban J connectivity index is 1.60. The zero-order chi connectivity index (χ0) is 36.4. The van der Waals surface area contributed by atoms with Crippen LogP contribution in [-0.2, 0) is 44.6 Å². The van der Waals surface area contributed by atoms with E-state index in [-0.39, 0.29) is 43.0 Å². The summed E-state index contributed by atoms with van der Waals surface area (Å²) in [7, 11) is 0. The average Bonchev–Trinajstić information content (AvgIpc) is 3.43. The minimum absolute atomic E-state index is 0.138. The van der Waals surface area contributed by atoms with Crippen molar-refractivity contribution < 1.29 is 56.4 Å². The third-order valence-corrected chi connectivity index (χ3v) is 11.2. The molecule has 4 rings (SSSR count). The van der Waals surface area contributed by atoms with E-state index in [1.165, 1.54) is 43.3 Å². The van der Waals surface area contributed by atoms with E-state index in [9.17, 15) is 23.6 Å². The highest BCUT2D eigenvalue weighted by atomic mass is 19.1. The van der Waals surface area contributed by atoms with E-state index in [2.05, 4.69) is 46.2 Å². The fraction of sp³-hybridized carbons (Fsp3) is 0.611. The summed E-state index contributed by atoms with van der Waals surface area (Å²) in [6.45, 7) is 17.9. The molecule has 0 aromatic heterocycles. The van der Waals surface area contributed by atoms with Crippen LogP contribution >= 0.6 is 0 Å². The van der Waals surface area contributed by atoms with E-state index >= 15 is 4.39 Å². The molecule has 3 saturated carbocycles. The van der Waals surface area contributed by atoms with Crippen molar-refractivity contribution in [3.05, 3.63) is 61.0 Å². The van der Waals surface area contributed by atoms with Crippen molar-refractivity contribution in [1.82, 2.24) is 5.32 Å². The van der Waals surface area contributed by atoms with E-state index in [0.717, 1.165) is 6.42 Å². The average molecular weight is 692 g/mol. The van der Waals surface area contributed by atoms with E-state index < -0.39 is 71.5 Å². The summed E-state index contributed by atoms with van der Waals surface area (Å²) < 4.78 is 62.9. The molecule has 270 valence electrons. The molecule has 1 aromatic rings. The van der Waals surface area contributed by atoms with Crippen molar-refractivity contribution in [3.8, 4) is 0 Å². The van der Waals surface area contributed by atoms with Gasteiger partial charge in [0.2, 0.25) is 12.0 Å². The molecule has 0 aliphatic heterocycles. The summed E-state index contributed by atoms with van der Waals surface area (Å²) in [5.41, 5.74) is -5.03. The molecule has 0 heterocycles. The van der Waals surface area contributed by atoms with Gasteiger partial charge in [-0.05, 0) is 48.3 Å². The molecular formula is C36H47F2NO10. The Bertz CT molecular complexity index is 1430. The van der Waals surface area contributed by atoms with Crippen molar-refractivity contribution in [2.24, 2.45) is 28.6 Å². The molecule has 0 radical (unpaired) electrons. The largest absolute Gasteiger partial charge is 0.511 e. The topological polar surface area (TPSA) is 136 Å². The van der Waals surface area contributed by atoms with Crippen LogP contribution in [0.15, 0.2) is 49.6 Å². The van der Waals surface area contributed by atoms with Gasteiger partial charge in [0.05, 0.1) is 12.7 Å². The van der Waals surface area contributed by atoms with Gasteiger partial charge in [0.15, 0.2) is 5.54 Å². The summed E-state index contributed by atoms with van der Waals surface area (Å²) >= 11 is 0. The number of amides is 1. The smallest absolute Gasteiger partial charge is 0.459 e. The van der Waals surface area contributed by atoms with Crippen LogP contribution in [0.3, 0.4) is 0 Å². The van der Waals surface area contributed by atoms with Crippen LogP contribution in [0.1, 0.15) is 66.4 Å². The second kappa shape index (κ2) is 14.5. The first-order valence-electron chi connectivity index (χ1n) is 16.5. The molecule has 1 aromatic carbocycles. The fourth-order valence-electron chi connectivity index (χ4n) is 7.57. The molecular weight excluding hydrogens is 644 g/mol. The van der Waals surface area contributed by atoms with E-state index in [0.29, 0.717) is 12.0 Å². The zero-order valence-electron chi connectivity index (χ0n) is 28.9. The number of nitrogens with one attached hydrogen (secondary N) is 1. The number of alkyl halides is 1. The highest BCUT2D eigenvalue weighted by molar-refractivity contribution is 5.94. The molecule has 3 fully saturated rings. The third kappa shape index (κ3) is 6.91. The van der Waals surface area contributed by atoms with Gasteiger partial charge in [-0.2, -0.15) is 0 Å². The second-order valence-electron chi connectivity index (χ2n) is 13.9. The van der Waals surface area contributed by atoms with Crippen molar-refractivity contribution in [2.45, 2.75) is 97.1 Å². The quantitative estimate of drug-likeness (QED) is 0.102. The van der Waals surface area contributed by atoms with Crippen molar-refractivity contribution in [1.29, 1.82) is 0 Å². The number of benzene rings is 1. The van der Waals surface area contributed by atoms with E-state index in [1.807, 2.05) is 6.92 Å². The van der Waals surface area contributed by atoms with Crippen LogP contribution < -0.4 is 5.32 Å². The number of fused-ring (bicyclic) bond motifs is 1. The minimum atomic E-state index is -2.71. The van der Waals surface area contributed by atoms with Crippen molar-refractivity contribution >= 4 is 24.2 Å². The number of esters is 2. The minimum Gasteiger partial charge on any atom is -0.459 e. The molecule has 3 aliphatic carbocycles. The van der Waals surface area contributed by atoms with Crippen LogP contribution in [0.4, 0.5) is 18.4 Å². The Hall–Kier alpha value is -4.00. The summed E-state index contributed by atoms with van der Waals surface area (Å²) in [4.78, 5) is 53.2. The lowest BCUT2D eigenvalue weighted by molar-refractivity contribution is -0.186. The molecule has 0 bridgehead atoms. The number of ether oxygens (including phenoxy) is 6. The maximum absolute atomic E-state index is 16.5. The van der Waals surface area contributed by atoms with Gasteiger partial charge in [-0.15, -0.1) is 0 Å². The van der Waals surface area contributed by atoms with Gasteiger partial charge in [0.1, 0.15) is 25.1 Å². The number of alkyl carbamates (subject to hydrolysis) is 1. The maximum Gasteiger partial charge on any atom is 0.511 e. The monoisotopic (exact) mass is 691 g/mol. The van der Waals surface area contributed by atoms with Gasteiger partial charge < -0.3 is 33.7 Å². The number of hydrogen-bond donors (Lipinski definition) is 1. The summed E-state index contributed by atoms with van der Waals surface area (Å²) in [6.07, 6.45) is -1.85. The molecule has 9 atom stereocenters. The van der Waals surface area contributed by atoms with Crippen LogP contribution in [0, 0.1) is 34.4 Å². The predicted octanol–water partition coefficient (Wildman–Crippen LogP) is 6.34. The Morgan fingerprint density at radius 2 is 1.61 bits per heavy atom. The lowest BCUT2D eigenvalue weighted by atomic mass is 9.64. The first kappa shape index (κ1) is 37.8. The SMILES string of the molecule is C=CCOC(=O)N[C@@]1(C(=O)OC(C)OC(=O)O[C@H]2C[C@@H](C)C(C)(C)[C@@]2(C)CC)[C@H](OCc2ccc(F)cc2)C[C@@H]2[C@H]1[C@@]2(F)C(=O)OCC=C. The fourth-order valence-corrected chi connectivity index (χ4v) is 7.57. The lowest BCUT2D eigenvalue weighted by Crippen LogP contribution is -2.65. The standard InChI is InChI=1S/C36H47F2NO10/c1-9-16-44-29(40)35(38)25-19-27(46-20-23-12-14-24(37)15-13-23)36(28(25)35,39-31(42)45-17-10-2)30(41)47-22(5)48-32(43)49-26-18-21(4)33(6,7)34(26,8)11-3/h9-10,12-15,21-22,25-28H,1-2,11,16-20H2,3-8H3,(H,39,42)/t21-,22?,25-,26+,27-,28+,34+,35-,36+/m1/s1. The van der Waals surface area contributed by atoms with Gasteiger partial charge >= 0.3 is 24.2 Å². The van der Waals surface area contributed by atoms with Crippen LogP contribution in [0.25, 0.3) is 0 Å². The summed E-state index contributed by atoms with van der Waals surface area (Å²) in [6, 6.07) is 5.35. The molecule has 1 unspecified atom stereocenters. The van der Waals surface area contributed by atoms with Gasteiger partial charge in [-0.3, -0.25) is 0 Å². The van der Waals surface area contributed by atoms with Crippen LogP contribution in [0.5, 0.6) is 0 Å². The molecule has 13 heteroatoms. The molecule has 0 saturated heterocycles. The van der Waals surface area contributed by atoms with E-state index in [1.54, 1.807) is 0 Å². The van der Waals surface area contributed by atoms with Crippen molar-refractivity contribution in [2.75, 3.05) is 13.2 Å². The van der Waals surface area contributed by atoms with Gasteiger partial charge in [-0.25, -0.2) is 28.0 Å². The Labute approximate surface area is 285 Å². The normalized spacial score (nSPS) is 32.9. The van der Waals surface area contributed by atoms with Crippen LogP contribution in [0.2, 0.25) is 0 Å². The van der Waals surface area contributed by atoms with E-state index in [4.69, 9.17) is 28.4 Å². The number of rotatable bonds is 14. The Kier molecular flexibility index (Phi) is 11.2. The Morgan fingerprint density at radius 1 is 0.980 bits per heavy atom. The number of halogens is 2. The molecule has 3 aliphatic rings. The van der Waals surface area contributed by atoms with Crippen LogP contribution in [-0.4, -0.2) is 67.1 Å². The van der Waals surface area contributed by atoms with Gasteiger partial charge in [0.25, 0.3) is 0 Å². The predicted molar refractivity (Wildman–Crippen MR) is 172 cm³/mol. The summed E-state index contributed by atoms with van der Waals surface area (Å²) in [5.74, 6) is -5.36. The molecule has 11 nitrogen and oxygen atoms in total. The highest BCUT2D eigenvalue weighted by Crippen LogP contribution is 2.68. The number of carbonyl (C=O) groups excluding carboxylic acids is 4.